The highest BCUT2D eigenvalue weighted by molar-refractivity contribution is 7.79. The molecular weight excluding hydrogens is 454 g/mol. The van der Waals surface area contributed by atoms with Crippen LogP contribution in [0.5, 0.6) is 5.75 Å². The molecule has 0 aliphatic rings. The molecular formula is C28H39N5OS. The highest BCUT2D eigenvalue weighted by Crippen LogP contribution is 2.31. The molecule has 2 aromatic carbocycles. The Hall–Kier alpha value is -2.77. The third kappa shape index (κ3) is 6.27. The number of imidazole rings is 1. The second-order valence-corrected chi connectivity index (χ2v) is 8.98. The van der Waals surface area contributed by atoms with E-state index in [-0.39, 0.29) is 0 Å². The Morgan fingerprint density at radius 1 is 0.943 bits per heavy atom. The molecule has 7 heteroatoms. The number of hydrogen-bond acceptors (Lipinski definition) is 6. The molecule has 0 fully saturated rings. The number of anilines is 1. The van der Waals surface area contributed by atoms with Crippen molar-refractivity contribution in [1.29, 1.82) is 0 Å². The monoisotopic (exact) mass is 493 g/mol. The molecule has 6 nitrogen and oxygen atoms in total. The largest absolute Gasteiger partial charge is 0.508 e. The zero-order valence-corrected chi connectivity index (χ0v) is 22.1. The zero-order valence-electron chi connectivity index (χ0n) is 21.2. The minimum absolute atomic E-state index is 0.318. The zero-order chi connectivity index (χ0) is 25.4. The van der Waals surface area contributed by atoms with Crippen LogP contribution in [0.15, 0.2) is 36.4 Å². The van der Waals surface area contributed by atoms with Gasteiger partial charge in [0.2, 0.25) is 0 Å². The molecule has 35 heavy (non-hydrogen) atoms. The number of thiol groups is 1. The number of aromatic nitrogens is 3. The molecule has 5 N–H and O–H groups in total. The van der Waals surface area contributed by atoms with Crippen LogP contribution in [-0.4, -0.2) is 32.4 Å². The van der Waals surface area contributed by atoms with Gasteiger partial charge in [0, 0.05) is 18.4 Å². The number of benzene rings is 2. The Labute approximate surface area is 214 Å². The summed E-state index contributed by atoms with van der Waals surface area (Å²) >= 11 is 3.53. The van der Waals surface area contributed by atoms with Crippen LogP contribution in [-0.2, 0) is 19.4 Å². The minimum Gasteiger partial charge on any atom is -0.508 e. The first-order valence-electron chi connectivity index (χ1n) is 12.5. The molecule has 0 aliphatic heterocycles. The van der Waals surface area contributed by atoms with E-state index in [9.17, 15) is 5.11 Å². The van der Waals surface area contributed by atoms with Crippen LogP contribution in [0.2, 0.25) is 0 Å². The number of hydrogen-bond donors (Lipinski definition) is 4. The lowest BCUT2D eigenvalue weighted by atomic mass is 10.0. The summed E-state index contributed by atoms with van der Waals surface area (Å²) in [6, 6.07) is 12.3. The van der Waals surface area contributed by atoms with Gasteiger partial charge in [0.15, 0.2) is 5.82 Å². The van der Waals surface area contributed by atoms with E-state index in [4.69, 9.17) is 16.5 Å². The van der Waals surface area contributed by atoms with Crippen molar-refractivity contribution in [3.05, 3.63) is 58.9 Å². The Balaban J connectivity index is 0.00000167. The first kappa shape index (κ1) is 26.8. The second-order valence-electron chi connectivity index (χ2n) is 8.98. The van der Waals surface area contributed by atoms with Crippen LogP contribution in [0.25, 0.3) is 21.9 Å². The van der Waals surface area contributed by atoms with Crippen LogP contribution in [0, 0.1) is 6.92 Å². The van der Waals surface area contributed by atoms with Gasteiger partial charge in [0.05, 0.1) is 11.0 Å². The number of phenols is 1. The highest BCUT2D eigenvalue weighted by atomic mass is 32.1. The summed E-state index contributed by atoms with van der Waals surface area (Å²) in [6.45, 7) is 5.55. The van der Waals surface area contributed by atoms with E-state index in [0.29, 0.717) is 18.1 Å². The van der Waals surface area contributed by atoms with Gasteiger partial charge in [-0.05, 0) is 80.3 Å². The van der Waals surface area contributed by atoms with Gasteiger partial charge in [-0.15, -0.1) is 0 Å². The number of aromatic hydroxyl groups is 1. The summed E-state index contributed by atoms with van der Waals surface area (Å²) in [6.07, 6.45) is 9.11. The smallest absolute Gasteiger partial charge is 0.152 e. The predicted molar refractivity (Wildman–Crippen MR) is 152 cm³/mol. The number of aryl methyl sites for hydroxylation is 3. The van der Waals surface area contributed by atoms with E-state index in [0.717, 1.165) is 90.4 Å². The van der Waals surface area contributed by atoms with Crippen LogP contribution in [0.3, 0.4) is 0 Å². The number of nitrogens with zero attached hydrogens (tertiary/aromatic N) is 3. The minimum atomic E-state index is 0.318. The topological polar surface area (TPSA) is 103 Å². The van der Waals surface area contributed by atoms with Gasteiger partial charge in [0.1, 0.15) is 17.1 Å². The van der Waals surface area contributed by atoms with Crippen molar-refractivity contribution in [2.24, 2.45) is 5.73 Å². The second kappa shape index (κ2) is 12.8. The van der Waals surface area contributed by atoms with Crippen molar-refractivity contribution in [2.75, 3.05) is 18.5 Å². The molecule has 4 aromatic rings. The maximum atomic E-state index is 9.97. The van der Waals surface area contributed by atoms with Crippen LogP contribution in [0.1, 0.15) is 61.5 Å². The standard InChI is InChI=1S/C27H35N5O.CH4S/c1-3-4-9-24-31-25-26(32(24)17-20-11-13-23(33)18(2)15-20)21-16-19(8-6-5-7-14-28)10-12-22(21)30-27(25)29;1-2/h10-13,15-16,33H,3-9,14,17,28H2,1-2H3,(H2,29,30);2H,1H3. The van der Waals surface area contributed by atoms with Gasteiger partial charge in [-0.1, -0.05) is 38.0 Å². The van der Waals surface area contributed by atoms with Crippen molar-refractivity contribution in [1.82, 2.24) is 14.5 Å². The molecule has 0 atom stereocenters. The lowest BCUT2D eigenvalue weighted by Crippen LogP contribution is -2.06. The first-order chi connectivity index (χ1) is 17.0. The lowest BCUT2D eigenvalue weighted by molar-refractivity contribution is 0.470. The molecule has 0 spiro atoms. The average molecular weight is 494 g/mol. The number of fused-ring (bicyclic) bond motifs is 3. The SMILES string of the molecule is CCCCc1nc2c(N)nc3ccc(CCCCCN)cc3c2n1Cc1ccc(O)c(C)c1.CS. The van der Waals surface area contributed by atoms with Gasteiger partial charge >= 0.3 is 0 Å². The number of unbranched alkanes of at least 4 members (excludes halogenated alkanes) is 3. The molecule has 0 unspecified atom stereocenters. The molecule has 0 aliphatic carbocycles. The van der Waals surface area contributed by atoms with Crippen molar-refractivity contribution in [2.45, 2.75) is 65.3 Å². The maximum Gasteiger partial charge on any atom is 0.152 e. The molecule has 0 saturated carbocycles. The fourth-order valence-corrected chi connectivity index (χ4v) is 4.50. The normalized spacial score (nSPS) is 11.1. The van der Waals surface area contributed by atoms with E-state index < -0.39 is 0 Å². The molecule has 2 aromatic heterocycles. The fraction of sp³-hybridized carbons (Fsp3) is 0.429. The summed E-state index contributed by atoms with van der Waals surface area (Å²) in [5, 5.41) is 11.1. The van der Waals surface area contributed by atoms with E-state index in [1.807, 2.05) is 19.1 Å². The Kier molecular flexibility index (Phi) is 9.81. The van der Waals surface area contributed by atoms with Crippen molar-refractivity contribution in [3.63, 3.8) is 0 Å². The van der Waals surface area contributed by atoms with Gasteiger partial charge in [-0.25, -0.2) is 9.97 Å². The van der Waals surface area contributed by atoms with Crippen LogP contribution >= 0.6 is 12.6 Å². The summed E-state index contributed by atoms with van der Waals surface area (Å²) in [7, 11) is 0. The number of rotatable bonds is 10. The number of phenolic OH excluding ortho intramolecular Hbond substituents is 1. The molecule has 0 amide bonds. The first-order valence-corrected chi connectivity index (χ1v) is 13.4. The third-order valence-corrected chi connectivity index (χ3v) is 6.37. The maximum absolute atomic E-state index is 9.97. The molecule has 188 valence electrons. The van der Waals surface area contributed by atoms with Gasteiger partial charge in [0.25, 0.3) is 0 Å². The Bertz CT molecular complexity index is 1270. The third-order valence-electron chi connectivity index (χ3n) is 6.37. The van der Waals surface area contributed by atoms with Gasteiger partial charge in [-0.3, -0.25) is 0 Å². The van der Waals surface area contributed by atoms with Crippen molar-refractivity contribution >= 4 is 40.4 Å². The summed E-state index contributed by atoms with van der Waals surface area (Å²) in [5.41, 5.74) is 18.1. The highest BCUT2D eigenvalue weighted by Gasteiger charge is 2.18. The van der Waals surface area contributed by atoms with E-state index in [1.54, 1.807) is 12.3 Å². The summed E-state index contributed by atoms with van der Waals surface area (Å²) in [5.74, 6) is 1.83. The lowest BCUT2D eigenvalue weighted by Gasteiger charge is -2.13. The quantitative estimate of drug-likeness (QED) is 0.165. The fourth-order valence-electron chi connectivity index (χ4n) is 4.50. The molecule has 0 radical (unpaired) electrons. The summed E-state index contributed by atoms with van der Waals surface area (Å²) < 4.78 is 2.30. The number of nitrogens with two attached hydrogens (primary N) is 2. The van der Waals surface area contributed by atoms with E-state index in [1.165, 1.54) is 5.56 Å². The van der Waals surface area contributed by atoms with E-state index >= 15 is 0 Å². The number of pyridine rings is 1. The predicted octanol–water partition coefficient (Wildman–Crippen LogP) is 5.79. The van der Waals surface area contributed by atoms with Crippen LogP contribution < -0.4 is 11.5 Å². The molecule has 0 saturated heterocycles. The van der Waals surface area contributed by atoms with Gasteiger partial charge in [-0.2, -0.15) is 12.6 Å². The molecule has 4 rings (SSSR count). The average Bonchev–Trinajstić information content (AvgIpc) is 3.23. The number of nitrogen functional groups attached to an aromatic ring is 1. The van der Waals surface area contributed by atoms with Gasteiger partial charge < -0.3 is 21.1 Å². The molecule has 2 heterocycles. The van der Waals surface area contributed by atoms with Crippen LogP contribution in [0.4, 0.5) is 5.82 Å². The Morgan fingerprint density at radius 3 is 2.43 bits per heavy atom. The van der Waals surface area contributed by atoms with E-state index in [2.05, 4.69) is 47.3 Å². The van der Waals surface area contributed by atoms with Crippen molar-refractivity contribution < 1.29 is 5.11 Å². The Morgan fingerprint density at radius 2 is 1.71 bits per heavy atom. The van der Waals surface area contributed by atoms with Crippen molar-refractivity contribution in [3.8, 4) is 5.75 Å². The summed E-state index contributed by atoms with van der Waals surface area (Å²) in [4.78, 5) is 9.64. The molecule has 0 bridgehead atoms.